The Morgan fingerprint density at radius 1 is 1.00 bits per heavy atom. The van der Waals surface area contributed by atoms with Crippen LogP contribution >= 0.6 is 0 Å². The number of nitrogens with one attached hydrogen (secondary N) is 1. The Kier molecular flexibility index (Phi) is 8.21. The lowest BCUT2D eigenvalue weighted by molar-refractivity contribution is -0.384. The van der Waals surface area contributed by atoms with Gasteiger partial charge in [-0.3, -0.25) is 14.9 Å². The van der Waals surface area contributed by atoms with Gasteiger partial charge in [0.2, 0.25) is 0 Å². The number of hydrogen-bond donors (Lipinski definition) is 2. The van der Waals surface area contributed by atoms with E-state index in [0.29, 0.717) is 28.9 Å². The van der Waals surface area contributed by atoms with Crippen molar-refractivity contribution >= 4 is 23.6 Å². The van der Waals surface area contributed by atoms with Crippen LogP contribution in [0.25, 0.3) is 0 Å². The average molecular weight is 495 g/mol. The second-order valence-electron chi connectivity index (χ2n) is 8.25. The molecule has 0 fully saturated rings. The Bertz CT molecular complexity index is 1260. The van der Waals surface area contributed by atoms with E-state index < -0.39 is 28.7 Å². The molecule has 188 valence electrons. The molecule has 36 heavy (non-hydrogen) atoms. The topological polar surface area (TPSA) is 145 Å². The second-order valence-corrected chi connectivity index (χ2v) is 8.25. The first-order valence-corrected chi connectivity index (χ1v) is 11.1. The maximum absolute atomic E-state index is 13.2. The Labute approximate surface area is 207 Å². The van der Waals surface area contributed by atoms with Gasteiger partial charge in [0.25, 0.3) is 5.69 Å². The number of dihydropyridines is 1. The number of nitro groups is 1. The average Bonchev–Trinajstić information content (AvgIpc) is 2.83. The molecule has 1 unspecified atom stereocenters. The number of carboxylic acid groups (broad SMARTS) is 1. The molecule has 0 aromatic heterocycles. The molecule has 3 rings (SSSR count). The fourth-order valence-corrected chi connectivity index (χ4v) is 4.13. The van der Waals surface area contributed by atoms with Crippen LogP contribution in [0, 0.1) is 10.1 Å². The SMILES string of the molecule is COC(=O)C1=C(C)NC(C)=C(C(=O)OCCc2ccc(CC(=O)O)cc2)C1c1cccc([N+](=O)[O-])c1. The van der Waals surface area contributed by atoms with E-state index in [2.05, 4.69) is 5.32 Å². The number of ether oxygens (including phenoxy) is 2. The molecule has 1 heterocycles. The van der Waals surface area contributed by atoms with Gasteiger partial charge in [-0.25, -0.2) is 9.59 Å². The number of nitrogens with zero attached hydrogens (tertiary/aromatic N) is 1. The fraction of sp³-hybridized carbons (Fsp3) is 0.269. The Balaban J connectivity index is 1.86. The molecule has 2 N–H and O–H groups in total. The van der Waals surface area contributed by atoms with Crippen LogP contribution in [0.5, 0.6) is 0 Å². The lowest BCUT2D eigenvalue weighted by Crippen LogP contribution is -2.32. The van der Waals surface area contributed by atoms with E-state index in [9.17, 15) is 24.5 Å². The zero-order valence-corrected chi connectivity index (χ0v) is 20.1. The molecule has 10 heteroatoms. The van der Waals surface area contributed by atoms with Crippen LogP contribution in [0.2, 0.25) is 0 Å². The van der Waals surface area contributed by atoms with Gasteiger partial charge in [0.15, 0.2) is 0 Å². The van der Waals surface area contributed by atoms with E-state index in [4.69, 9.17) is 14.6 Å². The van der Waals surface area contributed by atoms with E-state index in [0.717, 1.165) is 5.56 Å². The summed E-state index contributed by atoms with van der Waals surface area (Å²) in [5.74, 6) is -3.19. The van der Waals surface area contributed by atoms with E-state index in [1.165, 1.54) is 25.3 Å². The zero-order valence-electron chi connectivity index (χ0n) is 20.1. The number of aliphatic carboxylic acids is 1. The van der Waals surface area contributed by atoms with Gasteiger partial charge >= 0.3 is 17.9 Å². The van der Waals surface area contributed by atoms with Crippen LogP contribution < -0.4 is 5.32 Å². The summed E-state index contributed by atoms with van der Waals surface area (Å²) >= 11 is 0. The number of rotatable bonds is 9. The molecule has 0 saturated carbocycles. The summed E-state index contributed by atoms with van der Waals surface area (Å²) in [6, 6.07) is 12.7. The van der Waals surface area contributed by atoms with E-state index >= 15 is 0 Å². The highest BCUT2D eigenvalue weighted by Crippen LogP contribution is 2.40. The van der Waals surface area contributed by atoms with Gasteiger partial charge in [0.05, 0.1) is 42.1 Å². The fourth-order valence-electron chi connectivity index (χ4n) is 4.13. The van der Waals surface area contributed by atoms with Crippen molar-refractivity contribution in [3.8, 4) is 0 Å². The molecule has 0 amide bonds. The first-order chi connectivity index (χ1) is 17.1. The largest absolute Gasteiger partial charge is 0.481 e. The minimum absolute atomic E-state index is 0.0335. The van der Waals surface area contributed by atoms with Gasteiger partial charge in [0.1, 0.15) is 0 Å². The van der Waals surface area contributed by atoms with Gasteiger partial charge < -0.3 is 19.9 Å². The van der Waals surface area contributed by atoms with Gasteiger partial charge in [-0.2, -0.15) is 0 Å². The highest BCUT2D eigenvalue weighted by atomic mass is 16.6. The third-order valence-electron chi connectivity index (χ3n) is 5.80. The third-order valence-corrected chi connectivity index (χ3v) is 5.80. The molecule has 0 aliphatic carbocycles. The van der Waals surface area contributed by atoms with Crippen LogP contribution in [0.3, 0.4) is 0 Å². The maximum atomic E-state index is 13.2. The van der Waals surface area contributed by atoms with E-state index in [-0.39, 0.29) is 29.9 Å². The lowest BCUT2D eigenvalue weighted by atomic mass is 9.80. The summed E-state index contributed by atoms with van der Waals surface area (Å²) in [5, 5.41) is 23.3. The molecule has 1 aliphatic heterocycles. The Hall–Kier alpha value is -4.47. The number of methoxy groups -OCH3 is 1. The van der Waals surface area contributed by atoms with Crippen molar-refractivity contribution in [3.63, 3.8) is 0 Å². The monoisotopic (exact) mass is 494 g/mol. The predicted molar refractivity (Wildman–Crippen MR) is 129 cm³/mol. The van der Waals surface area contributed by atoms with Gasteiger partial charge in [-0.05, 0) is 30.5 Å². The number of benzene rings is 2. The number of allylic oxidation sites excluding steroid dienone is 2. The quantitative estimate of drug-likeness (QED) is 0.304. The molecule has 10 nitrogen and oxygen atoms in total. The minimum atomic E-state index is -0.929. The number of hydrogen-bond acceptors (Lipinski definition) is 8. The molecule has 2 aromatic rings. The van der Waals surface area contributed by atoms with Crippen LogP contribution in [0.15, 0.2) is 71.1 Å². The van der Waals surface area contributed by atoms with Crippen molar-refractivity contribution in [2.45, 2.75) is 32.6 Å². The number of non-ortho nitro benzene ring substituents is 1. The van der Waals surface area contributed by atoms with Crippen molar-refractivity contribution in [1.29, 1.82) is 0 Å². The summed E-state index contributed by atoms with van der Waals surface area (Å²) in [7, 11) is 1.22. The number of carbonyl (C=O) groups excluding carboxylic acids is 2. The van der Waals surface area contributed by atoms with Crippen molar-refractivity contribution in [2.24, 2.45) is 0 Å². The van der Waals surface area contributed by atoms with Crippen molar-refractivity contribution in [2.75, 3.05) is 13.7 Å². The molecule has 1 atom stereocenters. The standard InChI is InChI=1S/C26H26N2O8/c1-15-22(25(31)35-3)24(19-5-4-6-20(14-19)28(33)34)23(16(2)27-15)26(32)36-12-11-17-7-9-18(10-8-17)13-21(29)30/h4-10,14,24,27H,11-13H2,1-3H3,(H,29,30). The normalized spacial score (nSPS) is 15.2. The van der Waals surface area contributed by atoms with Gasteiger partial charge in [-0.1, -0.05) is 36.4 Å². The minimum Gasteiger partial charge on any atom is -0.481 e. The molecular weight excluding hydrogens is 468 g/mol. The van der Waals surface area contributed by atoms with E-state index in [1.54, 1.807) is 44.2 Å². The molecule has 2 aromatic carbocycles. The number of nitro benzene ring substituents is 1. The Morgan fingerprint density at radius 3 is 2.19 bits per heavy atom. The molecule has 1 aliphatic rings. The van der Waals surface area contributed by atoms with Gasteiger partial charge in [-0.15, -0.1) is 0 Å². The van der Waals surface area contributed by atoms with Crippen molar-refractivity contribution < 1.29 is 33.9 Å². The Morgan fingerprint density at radius 2 is 1.61 bits per heavy atom. The number of carbonyl (C=O) groups is 3. The summed E-state index contributed by atoms with van der Waals surface area (Å²) in [5.41, 5.74) is 2.95. The summed E-state index contributed by atoms with van der Waals surface area (Å²) in [4.78, 5) is 47.6. The molecular formula is C26H26N2O8. The highest BCUT2D eigenvalue weighted by molar-refractivity contribution is 5.99. The van der Waals surface area contributed by atoms with Crippen LogP contribution in [0.4, 0.5) is 5.69 Å². The smallest absolute Gasteiger partial charge is 0.336 e. The van der Waals surface area contributed by atoms with Crippen LogP contribution in [-0.4, -0.2) is 41.7 Å². The molecule has 0 radical (unpaired) electrons. The lowest BCUT2D eigenvalue weighted by Gasteiger charge is -2.30. The van der Waals surface area contributed by atoms with Crippen LogP contribution in [-0.2, 0) is 36.7 Å². The first kappa shape index (κ1) is 26.1. The first-order valence-electron chi connectivity index (χ1n) is 11.1. The molecule has 0 spiro atoms. The van der Waals surface area contributed by atoms with Gasteiger partial charge in [0, 0.05) is 29.9 Å². The van der Waals surface area contributed by atoms with Crippen molar-refractivity contribution in [1.82, 2.24) is 5.32 Å². The molecule has 0 saturated heterocycles. The second kappa shape index (κ2) is 11.3. The maximum Gasteiger partial charge on any atom is 0.336 e. The third kappa shape index (κ3) is 5.96. The molecule has 0 bridgehead atoms. The van der Waals surface area contributed by atoms with Crippen LogP contribution in [0.1, 0.15) is 36.5 Å². The summed E-state index contributed by atoms with van der Waals surface area (Å²) in [6.45, 7) is 3.36. The van der Waals surface area contributed by atoms with Crippen molar-refractivity contribution in [3.05, 3.63) is 97.9 Å². The highest BCUT2D eigenvalue weighted by Gasteiger charge is 2.38. The predicted octanol–water partition coefficient (Wildman–Crippen LogP) is 3.42. The van der Waals surface area contributed by atoms with E-state index in [1.807, 2.05) is 0 Å². The summed E-state index contributed by atoms with van der Waals surface area (Å²) in [6.07, 6.45) is 0.309. The number of esters is 2. The summed E-state index contributed by atoms with van der Waals surface area (Å²) < 4.78 is 10.5. The zero-order chi connectivity index (χ0) is 26.4. The number of carboxylic acids is 1.